The summed E-state index contributed by atoms with van der Waals surface area (Å²) in [6, 6.07) is 14.8. The molecule has 7 heteroatoms. The van der Waals surface area contributed by atoms with Crippen LogP contribution in [0.3, 0.4) is 0 Å². The first-order valence-electron chi connectivity index (χ1n) is 7.11. The lowest BCUT2D eigenvalue weighted by molar-refractivity contribution is 0.258. The van der Waals surface area contributed by atoms with Gasteiger partial charge in [-0.15, -0.1) is 0 Å². The average Bonchev–Trinajstić information content (AvgIpc) is 3.02. The highest BCUT2D eigenvalue weighted by atomic mass is 32.1. The molecular weight excluding hydrogens is 329 g/mol. The Morgan fingerprint density at radius 1 is 1.21 bits per heavy atom. The number of hydrogen-bond acceptors (Lipinski definition) is 4. The number of para-hydroxylation sites is 1. The molecule has 0 aliphatic rings. The summed E-state index contributed by atoms with van der Waals surface area (Å²) in [4.78, 5) is 17.8. The smallest absolute Gasteiger partial charge is 0.327 e. The number of ether oxygens (including phenoxy) is 1. The van der Waals surface area contributed by atoms with E-state index in [1.807, 2.05) is 30.3 Å². The number of nitrogens with one attached hydrogen (secondary N) is 1. The largest absolute Gasteiger partial charge is 0.445 e. The van der Waals surface area contributed by atoms with Gasteiger partial charge in [-0.05, 0) is 24.3 Å². The first-order valence-corrected chi connectivity index (χ1v) is 7.92. The predicted molar refractivity (Wildman–Crippen MR) is 92.5 cm³/mol. The molecule has 3 rings (SSSR count). The van der Waals surface area contributed by atoms with Crippen molar-refractivity contribution in [3.8, 4) is 10.8 Å². The van der Waals surface area contributed by atoms with Gasteiger partial charge in [0.05, 0.1) is 6.20 Å². The molecule has 1 heterocycles. The maximum absolute atomic E-state index is 13.1. The van der Waals surface area contributed by atoms with Gasteiger partial charge in [-0.2, -0.15) is 0 Å². The van der Waals surface area contributed by atoms with Crippen molar-refractivity contribution in [2.45, 2.75) is 0 Å². The summed E-state index contributed by atoms with van der Waals surface area (Å²) in [5, 5.41) is 3.55. The maximum Gasteiger partial charge on any atom is 0.327 e. The lowest BCUT2D eigenvalue weighted by Gasteiger charge is -2.16. The Morgan fingerprint density at radius 3 is 2.75 bits per heavy atom. The Morgan fingerprint density at radius 2 is 2.00 bits per heavy atom. The standard InChI is InChI=1S/C17H14FN3O2S/c1-21(13-7-3-2-4-8-13)17(22)20-16-19-11-15(24-16)23-14-9-5-6-12(18)10-14/h2-11H,1H3,(H,19,20,22). The molecule has 3 aromatic rings. The molecule has 0 radical (unpaired) electrons. The first-order chi connectivity index (χ1) is 11.6. The topological polar surface area (TPSA) is 54.5 Å². The Hall–Kier alpha value is -2.93. The van der Waals surface area contributed by atoms with E-state index in [0.29, 0.717) is 15.9 Å². The zero-order valence-corrected chi connectivity index (χ0v) is 13.6. The van der Waals surface area contributed by atoms with E-state index >= 15 is 0 Å². The van der Waals surface area contributed by atoms with E-state index in [9.17, 15) is 9.18 Å². The second-order valence-corrected chi connectivity index (χ2v) is 5.86. The molecule has 0 unspecified atom stereocenters. The summed E-state index contributed by atoms with van der Waals surface area (Å²) in [6.07, 6.45) is 1.48. The minimum absolute atomic E-state index is 0.312. The van der Waals surface area contributed by atoms with Gasteiger partial charge < -0.3 is 4.74 Å². The third-order valence-electron chi connectivity index (χ3n) is 3.16. The molecule has 0 aliphatic heterocycles. The number of nitrogens with zero attached hydrogens (tertiary/aromatic N) is 2. The van der Waals surface area contributed by atoms with Crippen molar-refractivity contribution in [2.24, 2.45) is 0 Å². The molecule has 0 saturated carbocycles. The SMILES string of the molecule is CN(C(=O)Nc1ncc(Oc2cccc(F)c2)s1)c1ccccc1. The molecule has 0 bridgehead atoms. The van der Waals surface area contributed by atoms with E-state index in [2.05, 4.69) is 10.3 Å². The Labute approximate surface area is 142 Å². The van der Waals surface area contributed by atoms with Crippen molar-refractivity contribution in [3.05, 3.63) is 66.6 Å². The van der Waals surface area contributed by atoms with Gasteiger partial charge in [0.1, 0.15) is 11.6 Å². The van der Waals surface area contributed by atoms with Crippen LogP contribution in [0.2, 0.25) is 0 Å². The van der Waals surface area contributed by atoms with Gasteiger partial charge in [0.2, 0.25) is 5.06 Å². The number of hydrogen-bond donors (Lipinski definition) is 1. The highest BCUT2D eigenvalue weighted by Crippen LogP contribution is 2.30. The third-order valence-corrected chi connectivity index (χ3v) is 3.95. The van der Waals surface area contributed by atoms with Crippen molar-refractivity contribution >= 4 is 28.2 Å². The van der Waals surface area contributed by atoms with E-state index in [4.69, 9.17) is 4.74 Å². The Bertz CT molecular complexity index is 839. The second kappa shape index (κ2) is 7.10. The number of rotatable bonds is 4. The lowest BCUT2D eigenvalue weighted by atomic mass is 10.3. The molecule has 1 aromatic heterocycles. The van der Waals surface area contributed by atoms with Crippen LogP contribution in [-0.2, 0) is 0 Å². The Balaban J connectivity index is 1.64. The number of amides is 2. The molecule has 0 saturated heterocycles. The molecule has 122 valence electrons. The van der Waals surface area contributed by atoms with Gasteiger partial charge in [-0.25, -0.2) is 14.2 Å². The third kappa shape index (κ3) is 3.88. The number of aromatic nitrogens is 1. The fraction of sp³-hybridized carbons (Fsp3) is 0.0588. The summed E-state index contributed by atoms with van der Waals surface area (Å²) in [5.74, 6) is -0.00652. The fourth-order valence-electron chi connectivity index (χ4n) is 1.96. The molecule has 1 N–H and O–H groups in total. The van der Waals surface area contributed by atoms with Crippen LogP contribution in [0.25, 0.3) is 0 Å². The van der Waals surface area contributed by atoms with Gasteiger partial charge in [-0.1, -0.05) is 35.6 Å². The zero-order chi connectivity index (χ0) is 16.9. The van der Waals surface area contributed by atoms with Crippen molar-refractivity contribution in [2.75, 3.05) is 17.3 Å². The molecule has 0 atom stereocenters. The van der Waals surface area contributed by atoms with Crippen LogP contribution < -0.4 is 15.0 Å². The molecular formula is C17H14FN3O2S. The predicted octanol–water partition coefficient (Wildman–Crippen LogP) is 4.74. The molecule has 24 heavy (non-hydrogen) atoms. The lowest BCUT2D eigenvalue weighted by Crippen LogP contribution is -2.30. The molecule has 2 aromatic carbocycles. The van der Waals surface area contributed by atoms with Crippen molar-refractivity contribution in [3.63, 3.8) is 0 Å². The van der Waals surface area contributed by atoms with E-state index in [1.165, 1.54) is 23.2 Å². The number of halogens is 1. The van der Waals surface area contributed by atoms with E-state index in [0.717, 1.165) is 17.0 Å². The van der Waals surface area contributed by atoms with Crippen LogP contribution in [0.5, 0.6) is 10.8 Å². The van der Waals surface area contributed by atoms with E-state index in [-0.39, 0.29) is 11.8 Å². The first kappa shape index (κ1) is 15.9. The summed E-state index contributed by atoms with van der Waals surface area (Å²) in [7, 11) is 1.67. The van der Waals surface area contributed by atoms with E-state index in [1.54, 1.807) is 19.2 Å². The zero-order valence-electron chi connectivity index (χ0n) is 12.8. The number of benzene rings is 2. The van der Waals surface area contributed by atoms with Gasteiger partial charge in [0.25, 0.3) is 0 Å². The van der Waals surface area contributed by atoms with Crippen LogP contribution in [-0.4, -0.2) is 18.1 Å². The van der Waals surface area contributed by atoms with Crippen LogP contribution in [0.4, 0.5) is 20.0 Å². The molecule has 5 nitrogen and oxygen atoms in total. The monoisotopic (exact) mass is 343 g/mol. The number of urea groups is 1. The molecule has 0 aliphatic carbocycles. The van der Waals surface area contributed by atoms with Crippen molar-refractivity contribution < 1.29 is 13.9 Å². The maximum atomic E-state index is 13.1. The van der Waals surface area contributed by atoms with Gasteiger partial charge >= 0.3 is 6.03 Å². The van der Waals surface area contributed by atoms with Crippen LogP contribution in [0, 0.1) is 5.82 Å². The van der Waals surface area contributed by atoms with Gasteiger partial charge in [0, 0.05) is 18.8 Å². The number of thiazole rings is 1. The Kier molecular flexibility index (Phi) is 4.72. The number of anilines is 2. The van der Waals surface area contributed by atoms with Gasteiger partial charge in [-0.3, -0.25) is 10.2 Å². The van der Waals surface area contributed by atoms with Crippen LogP contribution in [0.1, 0.15) is 0 Å². The van der Waals surface area contributed by atoms with Crippen LogP contribution >= 0.6 is 11.3 Å². The van der Waals surface area contributed by atoms with Crippen LogP contribution in [0.15, 0.2) is 60.8 Å². The van der Waals surface area contributed by atoms with E-state index < -0.39 is 0 Å². The highest BCUT2D eigenvalue weighted by molar-refractivity contribution is 7.17. The van der Waals surface area contributed by atoms with Gasteiger partial charge in [0.15, 0.2) is 5.13 Å². The minimum Gasteiger partial charge on any atom is -0.445 e. The summed E-state index contributed by atoms with van der Waals surface area (Å²) in [6.45, 7) is 0. The van der Waals surface area contributed by atoms with Crippen molar-refractivity contribution in [1.82, 2.24) is 4.98 Å². The average molecular weight is 343 g/mol. The summed E-state index contributed by atoms with van der Waals surface area (Å²) < 4.78 is 18.7. The number of carbonyl (C=O) groups excluding carboxylic acids is 1. The molecule has 2 amide bonds. The van der Waals surface area contributed by atoms with Crippen molar-refractivity contribution in [1.29, 1.82) is 0 Å². The fourth-order valence-corrected chi connectivity index (χ4v) is 2.63. The highest BCUT2D eigenvalue weighted by Gasteiger charge is 2.13. The molecule has 0 fully saturated rings. The number of carbonyl (C=O) groups is 1. The quantitative estimate of drug-likeness (QED) is 0.744. The summed E-state index contributed by atoms with van der Waals surface area (Å²) in [5.41, 5.74) is 0.766. The minimum atomic E-state index is -0.380. The normalized spacial score (nSPS) is 10.2. The molecule has 0 spiro atoms. The summed E-state index contributed by atoms with van der Waals surface area (Å²) >= 11 is 1.16. The second-order valence-electron chi connectivity index (χ2n) is 4.87.